The Kier molecular flexibility index (Phi) is 5.14. The lowest BCUT2D eigenvalue weighted by molar-refractivity contribution is -0.128. The molecule has 1 fully saturated rings. The van der Waals surface area contributed by atoms with Crippen LogP contribution in [-0.4, -0.2) is 51.8 Å². The maximum Gasteiger partial charge on any atom is 0.241 e. The van der Waals surface area contributed by atoms with Gasteiger partial charge in [-0.25, -0.2) is 0 Å². The predicted molar refractivity (Wildman–Crippen MR) is 80.4 cm³/mol. The number of methoxy groups -OCH3 is 3. The normalized spacial score (nSPS) is 14.0. The maximum absolute atomic E-state index is 12.0. The summed E-state index contributed by atoms with van der Waals surface area (Å²) in [5.74, 6) is 1.78. The summed E-state index contributed by atoms with van der Waals surface area (Å²) in [5.41, 5.74) is 0.761. The van der Waals surface area contributed by atoms with Crippen LogP contribution >= 0.6 is 0 Å². The van der Waals surface area contributed by atoms with E-state index >= 15 is 0 Å². The van der Waals surface area contributed by atoms with Gasteiger partial charge in [-0.15, -0.1) is 0 Å². The molecule has 6 nitrogen and oxygen atoms in total. The Hall–Kier alpha value is -2.11. The highest BCUT2D eigenvalue weighted by molar-refractivity contribution is 5.81. The monoisotopic (exact) mass is 294 g/mol. The van der Waals surface area contributed by atoms with Crippen molar-refractivity contribution in [2.45, 2.75) is 12.8 Å². The van der Waals surface area contributed by atoms with Crippen molar-refractivity contribution in [2.75, 3.05) is 46.3 Å². The van der Waals surface area contributed by atoms with Gasteiger partial charge in [0.05, 0.1) is 27.9 Å². The van der Waals surface area contributed by atoms with Gasteiger partial charge in [0.25, 0.3) is 0 Å². The summed E-state index contributed by atoms with van der Waals surface area (Å²) in [6.07, 6.45) is 2.19. The minimum Gasteiger partial charge on any atom is -0.493 e. The smallest absolute Gasteiger partial charge is 0.241 e. The fourth-order valence-electron chi connectivity index (χ4n) is 2.44. The number of carbonyl (C=O) groups excluding carboxylic acids is 1. The molecule has 0 spiro atoms. The molecule has 0 unspecified atom stereocenters. The number of nitrogens with zero attached hydrogens (tertiary/aromatic N) is 1. The van der Waals surface area contributed by atoms with Gasteiger partial charge in [-0.05, 0) is 12.8 Å². The standard InChI is InChI=1S/C15H22N2O4/c1-19-12-8-11(9-13(20-2)15(12)21-3)16-10-14(18)17-6-4-5-7-17/h8-9,16H,4-7,10H2,1-3H3. The molecule has 1 aromatic carbocycles. The SMILES string of the molecule is COc1cc(NCC(=O)N2CCCC2)cc(OC)c1OC. The molecule has 1 aliphatic rings. The zero-order valence-electron chi connectivity index (χ0n) is 12.8. The average Bonchev–Trinajstić information content (AvgIpc) is 3.05. The number of amides is 1. The van der Waals surface area contributed by atoms with Crippen LogP contribution in [0.3, 0.4) is 0 Å². The topological polar surface area (TPSA) is 60.0 Å². The molecule has 0 atom stereocenters. The molecule has 21 heavy (non-hydrogen) atoms. The van der Waals surface area contributed by atoms with Crippen molar-refractivity contribution in [2.24, 2.45) is 0 Å². The first kappa shape index (κ1) is 15.3. The molecule has 0 saturated carbocycles. The highest BCUT2D eigenvalue weighted by Gasteiger charge is 2.18. The molecule has 1 amide bonds. The van der Waals surface area contributed by atoms with Crippen molar-refractivity contribution in [3.8, 4) is 17.2 Å². The highest BCUT2D eigenvalue weighted by atomic mass is 16.5. The predicted octanol–water partition coefficient (Wildman–Crippen LogP) is 1.75. The number of hydrogen-bond acceptors (Lipinski definition) is 5. The number of ether oxygens (including phenoxy) is 3. The minimum absolute atomic E-state index is 0.112. The van der Waals surface area contributed by atoms with Crippen molar-refractivity contribution in [1.29, 1.82) is 0 Å². The molecule has 6 heteroatoms. The van der Waals surface area contributed by atoms with Gasteiger partial charge in [-0.2, -0.15) is 0 Å². The molecule has 2 rings (SSSR count). The summed E-state index contributed by atoms with van der Waals surface area (Å²) in [4.78, 5) is 13.9. The summed E-state index contributed by atoms with van der Waals surface area (Å²) in [5, 5.41) is 3.12. The number of nitrogens with one attached hydrogen (secondary N) is 1. The van der Waals surface area contributed by atoms with Crippen molar-refractivity contribution in [3.63, 3.8) is 0 Å². The number of benzene rings is 1. The van der Waals surface area contributed by atoms with Crippen molar-refractivity contribution < 1.29 is 19.0 Å². The number of likely N-dealkylation sites (tertiary alicyclic amines) is 1. The van der Waals surface area contributed by atoms with Gasteiger partial charge in [0.1, 0.15) is 0 Å². The van der Waals surface area contributed by atoms with E-state index in [2.05, 4.69) is 5.32 Å². The lowest BCUT2D eigenvalue weighted by Gasteiger charge is -2.17. The Morgan fingerprint density at radius 3 is 2.14 bits per heavy atom. The zero-order chi connectivity index (χ0) is 15.2. The maximum atomic E-state index is 12.0. The van der Waals surface area contributed by atoms with Crippen LogP contribution in [0.15, 0.2) is 12.1 Å². The second kappa shape index (κ2) is 7.06. The van der Waals surface area contributed by atoms with E-state index in [0.29, 0.717) is 17.2 Å². The lowest BCUT2D eigenvalue weighted by atomic mass is 10.2. The van der Waals surface area contributed by atoms with Gasteiger partial charge >= 0.3 is 0 Å². The van der Waals surface area contributed by atoms with Gasteiger partial charge in [0.2, 0.25) is 11.7 Å². The van der Waals surface area contributed by atoms with Crippen LogP contribution in [0.1, 0.15) is 12.8 Å². The van der Waals surface area contributed by atoms with E-state index in [1.165, 1.54) is 0 Å². The van der Waals surface area contributed by atoms with E-state index < -0.39 is 0 Å². The molecule has 0 aromatic heterocycles. The van der Waals surface area contributed by atoms with E-state index in [0.717, 1.165) is 31.6 Å². The number of hydrogen-bond donors (Lipinski definition) is 1. The molecule has 0 bridgehead atoms. The van der Waals surface area contributed by atoms with Gasteiger partial charge in [0.15, 0.2) is 11.5 Å². The van der Waals surface area contributed by atoms with Crippen LogP contribution in [0, 0.1) is 0 Å². The van der Waals surface area contributed by atoms with Crippen molar-refractivity contribution in [1.82, 2.24) is 4.90 Å². The van der Waals surface area contributed by atoms with E-state index in [9.17, 15) is 4.79 Å². The fraction of sp³-hybridized carbons (Fsp3) is 0.533. The van der Waals surface area contributed by atoms with Crippen LogP contribution in [0.4, 0.5) is 5.69 Å². The van der Waals surface area contributed by atoms with Gasteiger partial charge < -0.3 is 24.4 Å². The van der Waals surface area contributed by atoms with Crippen LogP contribution in [0.2, 0.25) is 0 Å². The average molecular weight is 294 g/mol. The Morgan fingerprint density at radius 1 is 1.10 bits per heavy atom. The van der Waals surface area contributed by atoms with Gasteiger partial charge in [0, 0.05) is 30.9 Å². The van der Waals surface area contributed by atoms with Crippen LogP contribution < -0.4 is 19.5 Å². The van der Waals surface area contributed by atoms with Gasteiger partial charge in [-0.3, -0.25) is 4.79 Å². The second-order valence-corrected chi connectivity index (χ2v) is 4.86. The summed E-state index contributed by atoms with van der Waals surface area (Å²) in [7, 11) is 4.69. The second-order valence-electron chi connectivity index (χ2n) is 4.86. The first-order valence-electron chi connectivity index (χ1n) is 7.01. The molecule has 0 radical (unpaired) electrons. The van der Waals surface area contributed by atoms with Crippen molar-refractivity contribution in [3.05, 3.63) is 12.1 Å². The highest BCUT2D eigenvalue weighted by Crippen LogP contribution is 2.39. The Bertz CT molecular complexity index is 473. The Labute approximate surface area is 125 Å². The lowest BCUT2D eigenvalue weighted by Crippen LogP contribution is -2.32. The number of anilines is 1. The molecular formula is C15H22N2O4. The van der Waals surface area contributed by atoms with Crippen LogP contribution in [0.25, 0.3) is 0 Å². The molecular weight excluding hydrogens is 272 g/mol. The van der Waals surface area contributed by atoms with Crippen LogP contribution in [0.5, 0.6) is 17.2 Å². The third kappa shape index (κ3) is 3.51. The van der Waals surface area contributed by atoms with E-state index in [1.54, 1.807) is 33.5 Å². The first-order chi connectivity index (χ1) is 10.2. The molecule has 1 saturated heterocycles. The van der Waals surface area contributed by atoms with E-state index in [-0.39, 0.29) is 12.5 Å². The first-order valence-corrected chi connectivity index (χ1v) is 7.01. The van der Waals surface area contributed by atoms with Gasteiger partial charge in [-0.1, -0.05) is 0 Å². The van der Waals surface area contributed by atoms with Crippen LogP contribution in [-0.2, 0) is 4.79 Å². The molecule has 1 heterocycles. The molecule has 1 aliphatic heterocycles. The zero-order valence-corrected chi connectivity index (χ0v) is 12.8. The molecule has 116 valence electrons. The summed E-state index contributed by atoms with van der Waals surface area (Å²) in [6, 6.07) is 3.58. The van der Waals surface area contributed by atoms with E-state index in [1.807, 2.05) is 4.90 Å². The third-order valence-corrected chi connectivity index (χ3v) is 3.57. The summed E-state index contributed by atoms with van der Waals surface area (Å²) >= 11 is 0. The molecule has 1 N–H and O–H groups in total. The molecule has 1 aromatic rings. The summed E-state index contributed by atoms with van der Waals surface area (Å²) < 4.78 is 15.8. The summed E-state index contributed by atoms with van der Waals surface area (Å²) in [6.45, 7) is 1.98. The fourth-order valence-corrected chi connectivity index (χ4v) is 2.44. The number of rotatable bonds is 6. The quantitative estimate of drug-likeness (QED) is 0.866. The third-order valence-electron chi connectivity index (χ3n) is 3.57. The number of carbonyl (C=O) groups is 1. The van der Waals surface area contributed by atoms with Crippen molar-refractivity contribution >= 4 is 11.6 Å². The Morgan fingerprint density at radius 2 is 1.67 bits per heavy atom. The molecule has 0 aliphatic carbocycles. The minimum atomic E-state index is 0.112. The largest absolute Gasteiger partial charge is 0.493 e. The van der Waals surface area contributed by atoms with E-state index in [4.69, 9.17) is 14.2 Å². The Balaban J connectivity index is 2.07.